The highest BCUT2D eigenvalue weighted by Crippen LogP contribution is 2.69. The summed E-state index contributed by atoms with van der Waals surface area (Å²) in [7, 11) is 0. The van der Waals surface area contributed by atoms with Crippen LogP contribution in [0.4, 0.5) is 0 Å². The monoisotopic (exact) mass is 444 g/mol. The van der Waals surface area contributed by atoms with Crippen LogP contribution in [0.1, 0.15) is 112 Å². The first kappa shape index (κ1) is 23.7. The zero-order valence-electron chi connectivity index (χ0n) is 21.8. The molecular formula is C30H52O2. The van der Waals surface area contributed by atoms with Crippen LogP contribution in [0.2, 0.25) is 0 Å². The number of ether oxygens (including phenoxy) is 1. The summed E-state index contributed by atoms with van der Waals surface area (Å²) in [4.78, 5) is 0. The van der Waals surface area contributed by atoms with Gasteiger partial charge in [0.1, 0.15) is 0 Å². The minimum Gasteiger partial charge on any atom is -0.391 e. The normalized spacial score (nSPS) is 51.5. The molecule has 0 aromatic carbocycles. The number of aliphatic hydroxyl groups is 1. The Morgan fingerprint density at radius 1 is 0.906 bits per heavy atom. The minimum atomic E-state index is -0.224. The largest absolute Gasteiger partial charge is 0.391 e. The Kier molecular flexibility index (Phi) is 6.54. The van der Waals surface area contributed by atoms with E-state index in [2.05, 4.69) is 34.6 Å². The number of fused-ring (bicyclic) bond motifs is 6. The number of hydrogen-bond donors (Lipinski definition) is 1. The first-order chi connectivity index (χ1) is 15.2. The van der Waals surface area contributed by atoms with E-state index in [1.165, 1.54) is 70.6 Å². The van der Waals surface area contributed by atoms with Gasteiger partial charge < -0.3 is 9.84 Å². The highest BCUT2D eigenvalue weighted by molar-refractivity contribution is 5.11. The molecular weight excluding hydrogens is 392 g/mol. The van der Waals surface area contributed by atoms with Crippen molar-refractivity contribution in [2.45, 2.75) is 124 Å². The van der Waals surface area contributed by atoms with E-state index in [9.17, 15) is 5.11 Å². The van der Waals surface area contributed by atoms with Crippen LogP contribution in [-0.4, -0.2) is 23.9 Å². The predicted octanol–water partition coefficient (Wildman–Crippen LogP) is 7.48. The van der Waals surface area contributed by atoms with Crippen molar-refractivity contribution < 1.29 is 9.84 Å². The molecule has 2 heteroatoms. The molecule has 2 nitrogen and oxygen atoms in total. The molecule has 0 aromatic rings. The summed E-state index contributed by atoms with van der Waals surface area (Å²) in [6.07, 6.45) is 17.0. The molecule has 0 unspecified atom stereocenters. The van der Waals surface area contributed by atoms with Gasteiger partial charge in [0.25, 0.3) is 0 Å². The lowest BCUT2D eigenvalue weighted by Gasteiger charge is -2.63. The van der Waals surface area contributed by atoms with Crippen molar-refractivity contribution in [3.8, 4) is 0 Å². The van der Waals surface area contributed by atoms with Crippen molar-refractivity contribution in [2.24, 2.45) is 58.2 Å². The molecule has 4 saturated carbocycles. The van der Waals surface area contributed by atoms with Crippen LogP contribution >= 0.6 is 0 Å². The SMILES string of the molecule is CC(C)CCC[C@H](C)[C@H]1CC[C@H]2[C@@H]3CC[C@@H]4C[C@H]5OC[C@@H](O)C[C@H]5C[C@]4(C)[C@H]3CC[C@]12C. The average Bonchev–Trinajstić information content (AvgIpc) is 3.09. The van der Waals surface area contributed by atoms with Crippen LogP contribution in [0.3, 0.4) is 0 Å². The molecule has 32 heavy (non-hydrogen) atoms. The lowest BCUT2D eigenvalue weighted by molar-refractivity contribution is -0.181. The predicted molar refractivity (Wildman–Crippen MR) is 132 cm³/mol. The van der Waals surface area contributed by atoms with Gasteiger partial charge in [0, 0.05) is 0 Å². The summed E-state index contributed by atoms with van der Waals surface area (Å²) in [5.74, 6) is 7.05. The first-order valence-corrected chi connectivity index (χ1v) is 14.5. The van der Waals surface area contributed by atoms with Crippen molar-refractivity contribution in [1.29, 1.82) is 0 Å². The van der Waals surface area contributed by atoms with Crippen molar-refractivity contribution in [1.82, 2.24) is 0 Å². The third-order valence-electron chi connectivity index (χ3n) is 12.1. The maximum Gasteiger partial charge on any atom is 0.0777 e. The lowest BCUT2D eigenvalue weighted by atomic mass is 9.43. The van der Waals surface area contributed by atoms with Crippen LogP contribution in [-0.2, 0) is 4.74 Å². The van der Waals surface area contributed by atoms with E-state index < -0.39 is 0 Å². The molecule has 1 saturated heterocycles. The van der Waals surface area contributed by atoms with Crippen LogP contribution in [0.5, 0.6) is 0 Å². The molecule has 11 atom stereocenters. The maximum atomic E-state index is 10.3. The minimum absolute atomic E-state index is 0.224. The van der Waals surface area contributed by atoms with E-state index in [0.717, 1.165) is 47.8 Å². The summed E-state index contributed by atoms with van der Waals surface area (Å²) in [5, 5.41) is 10.3. The second kappa shape index (κ2) is 8.85. The third-order valence-corrected chi connectivity index (χ3v) is 12.1. The summed E-state index contributed by atoms with van der Waals surface area (Å²) >= 11 is 0. The molecule has 1 aliphatic heterocycles. The Balaban J connectivity index is 1.30. The molecule has 1 N–H and O–H groups in total. The summed E-state index contributed by atoms with van der Waals surface area (Å²) < 4.78 is 6.15. The second-order valence-electron chi connectivity index (χ2n) is 14.1. The summed E-state index contributed by atoms with van der Waals surface area (Å²) in [6, 6.07) is 0. The van der Waals surface area contributed by atoms with Gasteiger partial charge in [-0.15, -0.1) is 0 Å². The third kappa shape index (κ3) is 3.92. The summed E-state index contributed by atoms with van der Waals surface area (Å²) in [5.41, 5.74) is 1.09. The van der Waals surface area contributed by atoms with Crippen molar-refractivity contribution in [2.75, 3.05) is 6.61 Å². The Morgan fingerprint density at radius 2 is 1.69 bits per heavy atom. The van der Waals surface area contributed by atoms with E-state index in [-0.39, 0.29) is 6.10 Å². The smallest absolute Gasteiger partial charge is 0.0777 e. The number of rotatable bonds is 5. The van der Waals surface area contributed by atoms with Gasteiger partial charge in [-0.25, -0.2) is 0 Å². The topological polar surface area (TPSA) is 29.5 Å². The molecule has 184 valence electrons. The zero-order chi connectivity index (χ0) is 22.7. The fourth-order valence-electron chi connectivity index (χ4n) is 10.5. The molecule has 0 bridgehead atoms. The number of aliphatic hydroxyl groups excluding tert-OH is 1. The van der Waals surface area contributed by atoms with E-state index in [1.807, 2.05) is 0 Å². The fraction of sp³-hybridized carbons (Fsp3) is 1.00. The molecule has 5 rings (SSSR count). The summed E-state index contributed by atoms with van der Waals surface area (Å²) in [6.45, 7) is 13.3. The van der Waals surface area contributed by atoms with E-state index in [1.54, 1.807) is 0 Å². The van der Waals surface area contributed by atoms with E-state index in [4.69, 9.17) is 4.74 Å². The van der Waals surface area contributed by atoms with Crippen LogP contribution in [0.15, 0.2) is 0 Å². The van der Waals surface area contributed by atoms with Gasteiger partial charge in [0.15, 0.2) is 0 Å². The van der Waals surface area contributed by atoms with Crippen LogP contribution in [0.25, 0.3) is 0 Å². The van der Waals surface area contributed by atoms with Crippen molar-refractivity contribution in [3.63, 3.8) is 0 Å². The van der Waals surface area contributed by atoms with Gasteiger partial charge in [0.2, 0.25) is 0 Å². The van der Waals surface area contributed by atoms with Crippen LogP contribution in [0, 0.1) is 58.2 Å². The van der Waals surface area contributed by atoms with Crippen molar-refractivity contribution >= 4 is 0 Å². The molecule has 4 aliphatic carbocycles. The second-order valence-corrected chi connectivity index (χ2v) is 14.1. The molecule has 0 spiro atoms. The van der Waals surface area contributed by atoms with Gasteiger partial charge in [0.05, 0.1) is 18.8 Å². The molecule has 5 fully saturated rings. The highest BCUT2D eigenvalue weighted by atomic mass is 16.5. The van der Waals surface area contributed by atoms with Gasteiger partial charge in [-0.3, -0.25) is 0 Å². The number of hydrogen-bond acceptors (Lipinski definition) is 2. The Hall–Kier alpha value is -0.0800. The Morgan fingerprint density at radius 3 is 2.47 bits per heavy atom. The molecule has 0 amide bonds. The van der Waals surface area contributed by atoms with E-state index >= 15 is 0 Å². The van der Waals surface area contributed by atoms with Gasteiger partial charge >= 0.3 is 0 Å². The molecule has 0 radical (unpaired) electrons. The van der Waals surface area contributed by atoms with Gasteiger partial charge in [-0.2, -0.15) is 0 Å². The maximum absolute atomic E-state index is 10.3. The average molecular weight is 445 g/mol. The Bertz CT molecular complexity index is 659. The zero-order valence-corrected chi connectivity index (χ0v) is 21.8. The van der Waals surface area contributed by atoms with E-state index in [0.29, 0.717) is 29.5 Å². The molecule has 0 aromatic heterocycles. The van der Waals surface area contributed by atoms with Crippen LogP contribution < -0.4 is 0 Å². The molecule has 5 aliphatic rings. The van der Waals surface area contributed by atoms with Gasteiger partial charge in [-0.05, 0) is 116 Å². The standard InChI is InChI=1S/C30H52O2/c1-19(2)7-6-8-20(3)25-11-12-26-24-10-9-22-16-28-21(15-23(31)18-32-28)17-30(22,5)27(24)13-14-29(25,26)4/h19-28,31H,6-18H2,1-5H3/t20-,21-,22+,23-,24-,25+,26-,27-,28+,29+,30-/m0/s1. The molecule has 1 heterocycles. The Labute approximate surface area is 198 Å². The lowest BCUT2D eigenvalue weighted by Crippen LogP contribution is -2.57. The quantitative estimate of drug-likeness (QED) is 0.476. The highest BCUT2D eigenvalue weighted by Gasteiger charge is 2.61. The van der Waals surface area contributed by atoms with Crippen molar-refractivity contribution in [3.05, 3.63) is 0 Å². The first-order valence-electron chi connectivity index (χ1n) is 14.5. The van der Waals surface area contributed by atoms with Gasteiger partial charge in [-0.1, -0.05) is 53.9 Å². The fourth-order valence-corrected chi connectivity index (χ4v) is 10.5.